The molecule has 3 heterocycles. The highest BCUT2D eigenvalue weighted by molar-refractivity contribution is 5.35. The molecule has 3 saturated heterocycles. The molecule has 11 heteroatoms. The van der Waals surface area contributed by atoms with Crippen LogP contribution in [0.1, 0.15) is 47.6 Å². The molecule has 0 saturated carbocycles. The number of nitrogens with zero attached hydrogens (tertiary/aromatic N) is 1. The number of rotatable bonds is 6. The zero-order valence-electron chi connectivity index (χ0n) is 21.3. The van der Waals surface area contributed by atoms with Gasteiger partial charge in [0.05, 0.1) is 43.2 Å². The fraction of sp³-hybridized carbons (Fsp3) is 0.571. The van der Waals surface area contributed by atoms with E-state index in [0.717, 1.165) is 5.56 Å². The van der Waals surface area contributed by atoms with E-state index < -0.39 is 42.0 Å². The van der Waals surface area contributed by atoms with Gasteiger partial charge in [0.2, 0.25) is 0 Å². The molecule has 0 radical (unpaired) electrons. The summed E-state index contributed by atoms with van der Waals surface area (Å²) in [6.07, 6.45) is -11.7. The second-order valence-electron chi connectivity index (χ2n) is 10.9. The molecule has 0 bridgehead atoms. The van der Waals surface area contributed by atoms with Crippen LogP contribution >= 0.6 is 0 Å². The van der Waals surface area contributed by atoms with Crippen LogP contribution < -0.4 is 0 Å². The second kappa shape index (κ2) is 10.7. The van der Waals surface area contributed by atoms with Gasteiger partial charge in [0.25, 0.3) is 0 Å². The Bertz CT molecular complexity index is 1100. The molecule has 3 fully saturated rings. The maximum absolute atomic E-state index is 13.4. The number of hydrogen-bond acceptors (Lipinski definition) is 5. The van der Waals surface area contributed by atoms with Crippen molar-refractivity contribution in [2.24, 2.45) is 11.3 Å². The van der Waals surface area contributed by atoms with Crippen LogP contribution in [-0.4, -0.2) is 61.9 Å². The van der Waals surface area contributed by atoms with Crippen molar-refractivity contribution >= 4 is 0 Å². The van der Waals surface area contributed by atoms with E-state index >= 15 is 0 Å². The van der Waals surface area contributed by atoms with E-state index in [1.54, 1.807) is 0 Å². The number of aliphatic hydroxyl groups is 1. The first-order valence-corrected chi connectivity index (χ1v) is 13.0. The first kappa shape index (κ1) is 28.4. The lowest BCUT2D eigenvalue weighted by Crippen LogP contribution is -2.63. The summed E-state index contributed by atoms with van der Waals surface area (Å²) >= 11 is 0. The van der Waals surface area contributed by atoms with Crippen molar-refractivity contribution in [2.75, 3.05) is 39.5 Å². The zero-order valence-corrected chi connectivity index (χ0v) is 21.3. The highest BCUT2D eigenvalue weighted by Crippen LogP contribution is 2.44. The molecule has 39 heavy (non-hydrogen) atoms. The molecule has 214 valence electrons. The molecule has 2 aromatic carbocycles. The first-order valence-electron chi connectivity index (χ1n) is 13.0. The van der Waals surface area contributed by atoms with Crippen molar-refractivity contribution in [1.82, 2.24) is 4.90 Å². The highest BCUT2D eigenvalue weighted by Gasteiger charge is 2.53. The summed E-state index contributed by atoms with van der Waals surface area (Å²) in [5.41, 5.74) is -2.32. The minimum absolute atomic E-state index is 0.0578. The monoisotopic (exact) mass is 559 g/mol. The van der Waals surface area contributed by atoms with Crippen LogP contribution in [0, 0.1) is 11.3 Å². The van der Waals surface area contributed by atoms with E-state index in [0.29, 0.717) is 58.0 Å². The Balaban J connectivity index is 1.37. The van der Waals surface area contributed by atoms with Crippen LogP contribution in [0.5, 0.6) is 0 Å². The van der Waals surface area contributed by atoms with Crippen molar-refractivity contribution in [1.29, 1.82) is 0 Å². The average Bonchev–Trinajstić information content (AvgIpc) is 3.24. The Hall–Kier alpha value is -2.18. The number of halogens is 6. The maximum Gasteiger partial charge on any atom is 0.416 e. The Labute approximate surface area is 222 Å². The predicted molar refractivity (Wildman–Crippen MR) is 129 cm³/mol. The quantitative estimate of drug-likeness (QED) is 0.465. The molecule has 0 aliphatic carbocycles. The van der Waals surface area contributed by atoms with Crippen LogP contribution in [0.4, 0.5) is 26.3 Å². The summed E-state index contributed by atoms with van der Waals surface area (Å²) in [5.74, 6) is -0.237. The van der Waals surface area contributed by atoms with Crippen LogP contribution in [0.3, 0.4) is 0 Å². The molecule has 2 aromatic rings. The number of ether oxygens (including phenoxy) is 3. The second-order valence-corrected chi connectivity index (χ2v) is 10.9. The third kappa shape index (κ3) is 5.97. The molecule has 5 atom stereocenters. The highest BCUT2D eigenvalue weighted by atomic mass is 19.4. The molecule has 0 unspecified atom stereocenters. The molecule has 5 rings (SSSR count). The van der Waals surface area contributed by atoms with Crippen molar-refractivity contribution in [3.8, 4) is 0 Å². The van der Waals surface area contributed by atoms with Crippen molar-refractivity contribution < 1.29 is 45.7 Å². The summed E-state index contributed by atoms with van der Waals surface area (Å²) < 4.78 is 98.1. The standard InChI is InChI=1S/C28H31F6NO4/c1-17(20-9-21(27(29,30)31)11-22(10-20)28(32,33)34)39-25-24(18-5-3-2-4-6-18)19(7-8-38-25)12-35-14-26(15-35)16-37-13-23(26)36/h2-6,9-11,17,19,23-25,36H,7-8,12-16H2,1H3/t17-,19+,23-,24+,25-/m1/s1. The lowest BCUT2D eigenvalue weighted by atomic mass is 9.75. The molecule has 0 aromatic heterocycles. The molecular formula is C28H31F6NO4. The van der Waals surface area contributed by atoms with E-state index in [4.69, 9.17) is 14.2 Å². The predicted octanol–water partition coefficient (Wildman–Crippen LogP) is 5.64. The number of benzene rings is 2. The summed E-state index contributed by atoms with van der Waals surface area (Å²) in [6, 6.07) is 11.0. The minimum atomic E-state index is -4.94. The number of hydrogen-bond donors (Lipinski definition) is 1. The fourth-order valence-corrected chi connectivity index (χ4v) is 6.02. The van der Waals surface area contributed by atoms with Gasteiger partial charge in [0.15, 0.2) is 6.29 Å². The summed E-state index contributed by atoms with van der Waals surface area (Å²) in [5, 5.41) is 10.3. The lowest BCUT2D eigenvalue weighted by molar-refractivity contribution is -0.213. The Kier molecular flexibility index (Phi) is 7.75. The van der Waals surface area contributed by atoms with Crippen LogP contribution in [0.2, 0.25) is 0 Å². The number of likely N-dealkylation sites (tertiary alicyclic amines) is 1. The van der Waals surface area contributed by atoms with Gasteiger partial charge < -0.3 is 24.2 Å². The summed E-state index contributed by atoms with van der Waals surface area (Å²) in [6.45, 7) is 4.70. The summed E-state index contributed by atoms with van der Waals surface area (Å²) in [7, 11) is 0. The Morgan fingerprint density at radius 2 is 1.67 bits per heavy atom. The summed E-state index contributed by atoms with van der Waals surface area (Å²) in [4.78, 5) is 2.24. The number of alkyl halides is 6. The van der Waals surface area contributed by atoms with Crippen LogP contribution in [-0.2, 0) is 26.6 Å². The SMILES string of the molecule is C[C@@H](O[C@H]1OCC[C@@H](CN2CC3(COC[C@H]3O)C2)[C@@H]1c1ccccc1)c1cc(C(F)(F)F)cc(C(F)(F)F)c1. The van der Waals surface area contributed by atoms with Gasteiger partial charge in [-0.25, -0.2) is 0 Å². The van der Waals surface area contributed by atoms with Crippen molar-refractivity contribution in [3.63, 3.8) is 0 Å². The molecule has 1 spiro atoms. The molecular weight excluding hydrogens is 528 g/mol. The maximum atomic E-state index is 13.4. The minimum Gasteiger partial charge on any atom is -0.390 e. The smallest absolute Gasteiger partial charge is 0.390 e. The van der Waals surface area contributed by atoms with Gasteiger partial charge in [-0.2, -0.15) is 26.3 Å². The molecule has 1 N–H and O–H groups in total. The number of aliphatic hydroxyl groups excluding tert-OH is 1. The lowest BCUT2D eigenvalue weighted by Gasteiger charge is -2.51. The van der Waals surface area contributed by atoms with E-state index in [2.05, 4.69) is 4.90 Å². The fourth-order valence-electron chi connectivity index (χ4n) is 6.02. The van der Waals surface area contributed by atoms with Gasteiger partial charge in [-0.1, -0.05) is 30.3 Å². The van der Waals surface area contributed by atoms with E-state index in [9.17, 15) is 31.4 Å². The van der Waals surface area contributed by atoms with Gasteiger partial charge in [0, 0.05) is 31.0 Å². The molecule has 3 aliphatic heterocycles. The van der Waals surface area contributed by atoms with E-state index in [-0.39, 0.29) is 28.9 Å². The third-order valence-corrected chi connectivity index (χ3v) is 8.12. The van der Waals surface area contributed by atoms with Gasteiger partial charge in [0.1, 0.15) is 0 Å². The van der Waals surface area contributed by atoms with E-state index in [1.807, 2.05) is 30.3 Å². The topological polar surface area (TPSA) is 51.2 Å². The third-order valence-electron chi connectivity index (χ3n) is 8.12. The van der Waals surface area contributed by atoms with Gasteiger partial charge in [-0.05, 0) is 48.6 Å². The van der Waals surface area contributed by atoms with Gasteiger partial charge in [-0.15, -0.1) is 0 Å². The van der Waals surface area contributed by atoms with Crippen LogP contribution in [0.25, 0.3) is 0 Å². The average molecular weight is 560 g/mol. The molecule has 3 aliphatic rings. The van der Waals surface area contributed by atoms with Crippen molar-refractivity contribution in [3.05, 3.63) is 70.8 Å². The van der Waals surface area contributed by atoms with Gasteiger partial charge >= 0.3 is 12.4 Å². The molecule has 5 nitrogen and oxygen atoms in total. The Morgan fingerprint density at radius 1 is 1.03 bits per heavy atom. The normalized spacial score (nSPS) is 28.4. The largest absolute Gasteiger partial charge is 0.416 e. The van der Waals surface area contributed by atoms with Crippen molar-refractivity contribution in [2.45, 2.75) is 50.1 Å². The van der Waals surface area contributed by atoms with Crippen LogP contribution in [0.15, 0.2) is 48.5 Å². The Morgan fingerprint density at radius 3 is 2.23 bits per heavy atom. The van der Waals surface area contributed by atoms with E-state index in [1.165, 1.54) is 6.92 Å². The first-order chi connectivity index (χ1) is 18.4. The van der Waals surface area contributed by atoms with Gasteiger partial charge in [-0.3, -0.25) is 0 Å². The molecule has 0 amide bonds. The zero-order chi connectivity index (χ0) is 28.0.